The molecule has 2 aliphatic heterocycles. The van der Waals surface area contributed by atoms with Crippen LogP contribution in [0.5, 0.6) is 0 Å². The number of nitrogens with one attached hydrogen (secondary N) is 2. The van der Waals surface area contributed by atoms with Gasteiger partial charge < -0.3 is 20.4 Å². The van der Waals surface area contributed by atoms with Crippen LogP contribution in [0.2, 0.25) is 0 Å². The highest BCUT2D eigenvalue weighted by molar-refractivity contribution is 6.06. The van der Waals surface area contributed by atoms with E-state index in [1.807, 2.05) is 43.3 Å². The number of hydrogen-bond acceptors (Lipinski definition) is 6. The van der Waals surface area contributed by atoms with Crippen LogP contribution in [0.1, 0.15) is 70.0 Å². The summed E-state index contributed by atoms with van der Waals surface area (Å²) < 4.78 is 39.6. The van der Waals surface area contributed by atoms with Crippen LogP contribution >= 0.6 is 0 Å². The molecule has 6 rings (SSSR count). The van der Waals surface area contributed by atoms with Crippen LogP contribution in [0.4, 0.5) is 24.5 Å². The zero-order chi connectivity index (χ0) is 36.7. The van der Waals surface area contributed by atoms with Crippen LogP contribution < -0.4 is 15.5 Å². The fourth-order valence-corrected chi connectivity index (χ4v) is 6.84. The molecule has 0 saturated carbocycles. The molecular weight excluding hydrogens is 665 g/mol. The Balaban J connectivity index is 1.21. The summed E-state index contributed by atoms with van der Waals surface area (Å²) in [7, 11) is 0. The van der Waals surface area contributed by atoms with Crippen molar-refractivity contribution in [2.75, 3.05) is 49.5 Å². The van der Waals surface area contributed by atoms with E-state index in [0.29, 0.717) is 33.6 Å². The average molecular weight is 711 g/mol. The average Bonchev–Trinajstić information content (AvgIpc) is 3.40. The summed E-state index contributed by atoms with van der Waals surface area (Å²) in [4.78, 5) is 38.6. The topological polar surface area (TPSA) is 80.8 Å². The Morgan fingerprint density at radius 3 is 2.35 bits per heavy atom. The Bertz CT molecular complexity index is 1910. The number of rotatable bonds is 10. The molecule has 0 bridgehead atoms. The highest BCUT2D eigenvalue weighted by atomic mass is 19.4. The van der Waals surface area contributed by atoms with Crippen molar-refractivity contribution >= 4 is 23.2 Å². The van der Waals surface area contributed by atoms with Gasteiger partial charge in [0.05, 0.1) is 16.9 Å². The van der Waals surface area contributed by atoms with Crippen LogP contribution in [0, 0.1) is 0 Å². The van der Waals surface area contributed by atoms with Gasteiger partial charge in [-0.15, -0.1) is 0 Å². The van der Waals surface area contributed by atoms with E-state index in [0.717, 1.165) is 94.2 Å². The monoisotopic (exact) mass is 710 g/mol. The van der Waals surface area contributed by atoms with E-state index in [2.05, 4.69) is 36.9 Å². The molecule has 272 valence electrons. The third-order valence-electron chi connectivity index (χ3n) is 9.70. The van der Waals surface area contributed by atoms with E-state index in [9.17, 15) is 22.8 Å². The molecule has 11 heteroatoms. The molecule has 0 atom stereocenters. The Hall–Kier alpha value is -5.16. The van der Waals surface area contributed by atoms with Crippen molar-refractivity contribution in [2.24, 2.45) is 0 Å². The van der Waals surface area contributed by atoms with Gasteiger partial charge in [0.2, 0.25) is 0 Å². The molecule has 0 spiro atoms. The van der Waals surface area contributed by atoms with E-state index in [1.165, 1.54) is 24.8 Å². The molecule has 3 heterocycles. The molecule has 1 aromatic heterocycles. The van der Waals surface area contributed by atoms with E-state index in [-0.39, 0.29) is 12.5 Å². The van der Waals surface area contributed by atoms with Gasteiger partial charge in [0, 0.05) is 86.6 Å². The first kappa shape index (κ1) is 36.6. The van der Waals surface area contributed by atoms with E-state index < -0.39 is 17.6 Å². The zero-order valence-electron chi connectivity index (χ0n) is 29.5. The summed E-state index contributed by atoms with van der Waals surface area (Å²) in [5.74, 6) is -0.708. The molecule has 2 amide bonds. The Morgan fingerprint density at radius 2 is 1.56 bits per heavy atom. The summed E-state index contributed by atoms with van der Waals surface area (Å²) in [6.45, 7) is 12.5. The number of aromatic nitrogens is 1. The molecule has 8 nitrogen and oxygen atoms in total. The van der Waals surface area contributed by atoms with Crippen molar-refractivity contribution in [2.45, 2.75) is 51.9 Å². The normalized spacial score (nSPS) is 15.5. The molecule has 52 heavy (non-hydrogen) atoms. The maximum absolute atomic E-state index is 13.8. The van der Waals surface area contributed by atoms with Gasteiger partial charge in [0.25, 0.3) is 11.8 Å². The van der Waals surface area contributed by atoms with Crippen molar-refractivity contribution < 1.29 is 22.8 Å². The number of anilines is 2. The summed E-state index contributed by atoms with van der Waals surface area (Å²) in [5.41, 5.74) is 5.24. The number of alkyl halides is 3. The molecule has 2 saturated heterocycles. The lowest BCUT2D eigenvalue weighted by atomic mass is 10.0. The highest BCUT2D eigenvalue weighted by Crippen LogP contribution is 2.34. The van der Waals surface area contributed by atoms with Gasteiger partial charge in [0.15, 0.2) is 0 Å². The fraction of sp³-hybridized carbons (Fsp3) is 0.341. The van der Waals surface area contributed by atoms with Crippen LogP contribution in [0.15, 0.2) is 97.3 Å². The number of halogens is 3. The lowest BCUT2D eigenvalue weighted by Crippen LogP contribution is -2.29. The predicted octanol–water partition coefficient (Wildman–Crippen LogP) is 7.98. The van der Waals surface area contributed by atoms with Crippen molar-refractivity contribution in [1.82, 2.24) is 20.1 Å². The predicted molar refractivity (Wildman–Crippen MR) is 199 cm³/mol. The lowest BCUT2D eigenvalue weighted by molar-refractivity contribution is -0.137. The van der Waals surface area contributed by atoms with Crippen LogP contribution in [-0.2, 0) is 19.3 Å². The second kappa shape index (κ2) is 16.5. The SMILES string of the molecule is C=C(C)N1CCCN(Cc2cccc(C(=O)Nc3ccc(N4CCCCC4)cc3-c3cc(C(=O)NCc4cccc(C(F)(F)F)c4)ccn3)c2)CC1. The zero-order valence-corrected chi connectivity index (χ0v) is 29.5. The maximum Gasteiger partial charge on any atom is 0.416 e. The third kappa shape index (κ3) is 9.38. The van der Waals surface area contributed by atoms with E-state index >= 15 is 0 Å². The van der Waals surface area contributed by atoms with E-state index in [4.69, 9.17) is 0 Å². The molecule has 2 aliphatic rings. The fourth-order valence-electron chi connectivity index (χ4n) is 6.84. The van der Waals surface area contributed by atoms with Gasteiger partial charge in [-0.2, -0.15) is 13.2 Å². The number of carbonyl (C=O) groups excluding carboxylic acids is 2. The highest BCUT2D eigenvalue weighted by Gasteiger charge is 2.30. The smallest absolute Gasteiger partial charge is 0.374 e. The number of allylic oxidation sites excluding steroid dienone is 1. The van der Waals surface area contributed by atoms with Gasteiger partial charge in [-0.1, -0.05) is 30.8 Å². The first-order valence-electron chi connectivity index (χ1n) is 17.9. The van der Waals surface area contributed by atoms with E-state index in [1.54, 1.807) is 18.2 Å². The number of amides is 2. The summed E-state index contributed by atoms with van der Waals surface area (Å²) >= 11 is 0. The molecule has 3 aromatic carbocycles. The Labute approximate surface area is 303 Å². The van der Waals surface area contributed by atoms with Crippen LogP contribution in [0.3, 0.4) is 0 Å². The lowest BCUT2D eigenvalue weighted by Gasteiger charge is -2.29. The second-order valence-corrected chi connectivity index (χ2v) is 13.6. The molecule has 0 unspecified atom stereocenters. The molecule has 2 N–H and O–H groups in total. The summed E-state index contributed by atoms with van der Waals surface area (Å²) in [6, 6.07) is 21.7. The van der Waals surface area contributed by atoms with Crippen molar-refractivity contribution in [3.8, 4) is 11.3 Å². The maximum atomic E-state index is 13.8. The number of piperidine rings is 1. The minimum atomic E-state index is -4.47. The Kier molecular flexibility index (Phi) is 11.6. The first-order chi connectivity index (χ1) is 25.0. The quantitative estimate of drug-likeness (QED) is 0.174. The van der Waals surface area contributed by atoms with Gasteiger partial charge in [0.1, 0.15) is 0 Å². The van der Waals surface area contributed by atoms with Gasteiger partial charge in [-0.3, -0.25) is 19.5 Å². The second-order valence-electron chi connectivity index (χ2n) is 13.6. The van der Waals surface area contributed by atoms with Gasteiger partial charge in [-0.25, -0.2) is 0 Å². The number of benzene rings is 3. The summed E-state index contributed by atoms with van der Waals surface area (Å²) in [6.07, 6.45) is 1.46. The molecular formula is C41H45F3N6O2. The Morgan fingerprint density at radius 1 is 0.788 bits per heavy atom. The minimum Gasteiger partial charge on any atom is -0.374 e. The van der Waals surface area contributed by atoms with Crippen molar-refractivity contribution in [1.29, 1.82) is 0 Å². The standard InChI is InChI=1S/C41H45F3N6O2/c1-29(2)49-20-8-17-48(21-22-49)28-31-10-6-11-32(23-31)40(52)47-37-14-13-35(50-18-4-3-5-19-50)26-36(37)38-25-33(15-16-45-38)39(51)46-27-30-9-7-12-34(24-30)41(42,43)44/h6-7,9-16,23-26H,1,3-5,8,17-22,27-28H2,2H3,(H,46,51)(H,47,52). The minimum absolute atomic E-state index is 0.0735. The van der Waals surface area contributed by atoms with Crippen LogP contribution in [0.25, 0.3) is 11.3 Å². The van der Waals surface area contributed by atoms with Crippen LogP contribution in [-0.4, -0.2) is 65.9 Å². The van der Waals surface area contributed by atoms with Crippen molar-refractivity contribution in [3.63, 3.8) is 0 Å². The molecule has 4 aromatic rings. The number of nitrogens with zero attached hydrogens (tertiary/aromatic N) is 4. The number of pyridine rings is 1. The number of carbonyl (C=O) groups is 2. The van der Waals surface area contributed by atoms with Gasteiger partial charge >= 0.3 is 6.18 Å². The molecule has 2 fully saturated rings. The first-order valence-corrected chi connectivity index (χ1v) is 17.9. The third-order valence-corrected chi connectivity index (χ3v) is 9.70. The molecule has 0 aliphatic carbocycles. The molecule has 0 radical (unpaired) electrons. The number of hydrogen-bond donors (Lipinski definition) is 2. The van der Waals surface area contributed by atoms with Crippen molar-refractivity contribution in [3.05, 3.63) is 125 Å². The van der Waals surface area contributed by atoms with Gasteiger partial charge in [-0.05, 0) is 98.3 Å². The largest absolute Gasteiger partial charge is 0.416 e. The summed E-state index contributed by atoms with van der Waals surface area (Å²) in [5, 5.41) is 5.83.